The summed E-state index contributed by atoms with van der Waals surface area (Å²) in [5.74, 6) is 0.862. The van der Waals surface area contributed by atoms with Crippen molar-refractivity contribution in [1.29, 1.82) is 10.5 Å². The van der Waals surface area contributed by atoms with Crippen LogP contribution in [0.25, 0.3) is 0 Å². The molecule has 0 saturated heterocycles. The van der Waals surface area contributed by atoms with Gasteiger partial charge in [-0.2, -0.15) is 10.5 Å². The lowest BCUT2D eigenvalue weighted by Crippen LogP contribution is -2.32. The van der Waals surface area contributed by atoms with Crippen molar-refractivity contribution in [2.75, 3.05) is 32.8 Å². The second-order valence-electron chi connectivity index (χ2n) is 6.71. The van der Waals surface area contributed by atoms with Crippen LogP contribution in [0.1, 0.15) is 38.5 Å². The van der Waals surface area contributed by atoms with E-state index in [-0.39, 0.29) is 30.2 Å². The van der Waals surface area contributed by atoms with E-state index in [0.29, 0.717) is 63.5 Å². The lowest BCUT2D eigenvalue weighted by atomic mass is 10.1. The molecule has 1 N–H and O–H groups in total. The van der Waals surface area contributed by atoms with E-state index in [0.717, 1.165) is 0 Å². The Balaban J connectivity index is 1.72. The zero-order valence-corrected chi connectivity index (χ0v) is 17.6. The number of carbonyl (C=O) groups is 1. The maximum atomic E-state index is 12.4. The maximum Gasteiger partial charge on any atom is 0.240 e. The summed E-state index contributed by atoms with van der Waals surface area (Å²) in [7, 11) is -3.65. The number of sulfonamides is 1. The number of unbranched alkanes of at least 4 members (excludes halogenated alkanes) is 2. The van der Waals surface area contributed by atoms with Gasteiger partial charge in [0.2, 0.25) is 15.9 Å². The summed E-state index contributed by atoms with van der Waals surface area (Å²) in [6.45, 7) is 1.73. The van der Waals surface area contributed by atoms with Crippen LogP contribution in [0, 0.1) is 22.7 Å². The summed E-state index contributed by atoms with van der Waals surface area (Å²) in [4.78, 5) is 13.9. The molecule has 1 aliphatic rings. The van der Waals surface area contributed by atoms with Gasteiger partial charge in [0.15, 0.2) is 11.5 Å². The highest BCUT2D eigenvalue weighted by Crippen LogP contribution is 2.32. The number of hydrogen-bond donors (Lipinski definition) is 1. The smallest absolute Gasteiger partial charge is 0.240 e. The Morgan fingerprint density at radius 1 is 1.03 bits per heavy atom. The molecule has 1 aliphatic heterocycles. The molecule has 2 rings (SSSR count). The average molecular weight is 435 g/mol. The second-order valence-corrected chi connectivity index (χ2v) is 8.48. The van der Waals surface area contributed by atoms with Crippen molar-refractivity contribution in [3.8, 4) is 23.6 Å². The molecule has 30 heavy (non-hydrogen) atoms. The topological polar surface area (TPSA) is 133 Å². The maximum absolute atomic E-state index is 12.4. The summed E-state index contributed by atoms with van der Waals surface area (Å²) >= 11 is 0. The van der Waals surface area contributed by atoms with E-state index in [1.54, 1.807) is 6.07 Å². The first-order valence-corrected chi connectivity index (χ1v) is 11.4. The van der Waals surface area contributed by atoms with Crippen LogP contribution in [0.2, 0.25) is 0 Å². The van der Waals surface area contributed by atoms with Gasteiger partial charge in [0.25, 0.3) is 0 Å². The van der Waals surface area contributed by atoms with Crippen LogP contribution in [0.4, 0.5) is 0 Å². The van der Waals surface area contributed by atoms with Crippen molar-refractivity contribution < 1.29 is 22.7 Å². The van der Waals surface area contributed by atoms with Gasteiger partial charge in [-0.25, -0.2) is 13.1 Å². The van der Waals surface area contributed by atoms with E-state index >= 15 is 0 Å². The van der Waals surface area contributed by atoms with Crippen molar-refractivity contribution in [2.24, 2.45) is 0 Å². The normalized spacial score (nSPS) is 12.6. The molecule has 1 aromatic carbocycles. The zero-order chi connectivity index (χ0) is 21.8. The number of amides is 1. The highest BCUT2D eigenvalue weighted by molar-refractivity contribution is 7.89. The molecule has 0 saturated carbocycles. The number of fused-ring (bicyclic) bond motifs is 1. The van der Waals surface area contributed by atoms with E-state index in [9.17, 15) is 13.2 Å². The Morgan fingerprint density at radius 2 is 1.70 bits per heavy atom. The minimum Gasteiger partial charge on any atom is -0.486 e. The SMILES string of the molecule is N#CCCN(CCC#N)C(=O)CCCCCNS(=O)(=O)c1ccc2c(c1)OCCO2. The van der Waals surface area contributed by atoms with Crippen molar-refractivity contribution in [1.82, 2.24) is 9.62 Å². The first kappa shape index (κ1) is 23.5. The number of nitrogens with zero attached hydrogens (tertiary/aromatic N) is 3. The van der Waals surface area contributed by atoms with Crippen LogP contribution in [0.15, 0.2) is 23.1 Å². The van der Waals surface area contributed by atoms with Gasteiger partial charge in [-0.3, -0.25) is 4.79 Å². The minimum atomic E-state index is -3.65. The predicted octanol–water partition coefficient (Wildman–Crippen LogP) is 1.95. The highest BCUT2D eigenvalue weighted by Gasteiger charge is 2.19. The van der Waals surface area contributed by atoms with Gasteiger partial charge in [0, 0.05) is 32.1 Å². The molecule has 1 amide bonds. The van der Waals surface area contributed by atoms with Crippen LogP contribution in [-0.4, -0.2) is 52.1 Å². The molecular formula is C20H26N4O5S. The van der Waals surface area contributed by atoms with E-state index in [4.69, 9.17) is 20.0 Å². The molecule has 1 aromatic rings. The number of nitriles is 2. The molecule has 0 radical (unpaired) electrons. The van der Waals surface area contributed by atoms with Crippen LogP contribution >= 0.6 is 0 Å². The minimum absolute atomic E-state index is 0.0858. The fourth-order valence-electron chi connectivity index (χ4n) is 2.95. The number of carbonyl (C=O) groups excluding carboxylic acids is 1. The standard InChI is InChI=1S/C20H26N4O5S/c21-9-4-12-24(13-5-10-22)20(25)6-2-1-3-11-23-30(26,27)17-7-8-18-19(16-17)29-15-14-28-18/h7-8,16,23H,1-6,11-15H2. The van der Waals surface area contributed by atoms with Gasteiger partial charge in [0.05, 0.1) is 29.9 Å². The number of ether oxygens (including phenoxy) is 2. The van der Waals surface area contributed by atoms with Crippen molar-refractivity contribution in [3.05, 3.63) is 18.2 Å². The third-order valence-corrected chi connectivity index (χ3v) is 5.98. The summed E-state index contributed by atoms with van der Waals surface area (Å²) in [5.41, 5.74) is 0. The third kappa shape index (κ3) is 7.21. The second kappa shape index (κ2) is 12.0. The molecule has 0 bridgehead atoms. The summed E-state index contributed by atoms with van der Waals surface area (Å²) in [6, 6.07) is 8.51. The van der Waals surface area contributed by atoms with E-state index in [1.165, 1.54) is 17.0 Å². The summed E-state index contributed by atoms with van der Waals surface area (Å²) < 4.78 is 38.2. The molecule has 162 valence electrons. The Hall–Kier alpha value is -2.82. The van der Waals surface area contributed by atoms with Crippen LogP contribution in [0.3, 0.4) is 0 Å². The lowest BCUT2D eigenvalue weighted by molar-refractivity contribution is -0.131. The molecule has 0 aromatic heterocycles. The van der Waals surface area contributed by atoms with E-state index in [1.807, 2.05) is 12.1 Å². The molecule has 0 unspecified atom stereocenters. The largest absolute Gasteiger partial charge is 0.486 e. The quantitative estimate of drug-likeness (QED) is 0.497. The van der Waals surface area contributed by atoms with E-state index in [2.05, 4.69) is 4.72 Å². The first-order valence-electron chi connectivity index (χ1n) is 9.89. The molecule has 0 aliphatic carbocycles. The molecule has 10 heteroatoms. The van der Waals surface area contributed by atoms with Gasteiger partial charge in [-0.15, -0.1) is 0 Å². The molecule has 0 fully saturated rings. The fraction of sp³-hybridized carbons (Fsp3) is 0.550. The number of benzene rings is 1. The van der Waals surface area contributed by atoms with Crippen LogP contribution < -0.4 is 14.2 Å². The first-order chi connectivity index (χ1) is 14.5. The highest BCUT2D eigenvalue weighted by atomic mass is 32.2. The van der Waals surface area contributed by atoms with Crippen molar-refractivity contribution in [3.63, 3.8) is 0 Å². The zero-order valence-electron chi connectivity index (χ0n) is 16.8. The molecule has 9 nitrogen and oxygen atoms in total. The van der Waals surface area contributed by atoms with Gasteiger partial charge >= 0.3 is 0 Å². The van der Waals surface area contributed by atoms with Crippen LogP contribution in [0.5, 0.6) is 11.5 Å². The molecule has 0 spiro atoms. The van der Waals surface area contributed by atoms with Gasteiger partial charge in [-0.1, -0.05) is 6.42 Å². The fourth-order valence-corrected chi connectivity index (χ4v) is 4.04. The molecule has 1 heterocycles. The number of nitrogens with one attached hydrogen (secondary N) is 1. The number of rotatable bonds is 12. The average Bonchev–Trinajstić information content (AvgIpc) is 2.75. The molecule has 0 atom stereocenters. The van der Waals surface area contributed by atoms with Crippen molar-refractivity contribution in [2.45, 2.75) is 43.4 Å². The van der Waals surface area contributed by atoms with Crippen molar-refractivity contribution >= 4 is 15.9 Å². The number of hydrogen-bond acceptors (Lipinski definition) is 7. The Labute approximate surface area is 177 Å². The summed E-state index contributed by atoms with van der Waals surface area (Å²) in [6.07, 6.45) is 2.66. The lowest BCUT2D eigenvalue weighted by Gasteiger charge is -2.20. The monoisotopic (exact) mass is 434 g/mol. The van der Waals surface area contributed by atoms with Gasteiger partial charge < -0.3 is 14.4 Å². The predicted molar refractivity (Wildman–Crippen MR) is 108 cm³/mol. The van der Waals surface area contributed by atoms with Crippen LogP contribution in [-0.2, 0) is 14.8 Å². The van der Waals surface area contributed by atoms with E-state index < -0.39 is 10.0 Å². The van der Waals surface area contributed by atoms with Gasteiger partial charge in [-0.05, 0) is 25.0 Å². The molecular weight excluding hydrogens is 408 g/mol. The Bertz CT molecular complexity index is 887. The third-order valence-electron chi connectivity index (χ3n) is 4.52. The van der Waals surface area contributed by atoms with Gasteiger partial charge in [0.1, 0.15) is 13.2 Å². The Morgan fingerprint density at radius 3 is 2.37 bits per heavy atom. The summed E-state index contributed by atoms with van der Waals surface area (Å²) in [5, 5.41) is 17.4. The Kier molecular flexibility index (Phi) is 9.39.